The van der Waals surface area contributed by atoms with E-state index >= 15 is 0 Å². The Kier molecular flexibility index (Phi) is 4.66. The highest BCUT2D eigenvalue weighted by Crippen LogP contribution is 2.52. The Morgan fingerprint density at radius 1 is 1.09 bits per heavy atom. The predicted molar refractivity (Wildman–Crippen MR) is 129 cm³/mol. The van der Waals surface area contributed by atoms with Crippen molar-refractivity contribution in [2.24, 2.45) is 5.10 Å². The highest BCUT2D eigenvalue weighted by Gasteiger charge is 2.58. The molecule has 0 radical (unpaired) electrons. The summed E-state index contributed by atoms with van der Waals surface area (Å²) in [7, 11) is 1.64. The molecule has 6 rings (SSSR count). The Morgan fingerprint density at radius 3 is 2.64 bits per heavy atom. The second-order valence-electron chi connectivity index (χ2n) is 8.06. The minimum atomic E-state index is -1.20. The van der Waals surface area contributed by atoms with Gasteiger partial charge in [0.2, 0.25) is 0 Å². The average molecular weight is 456 g/mol. The van der Waals surface area contributed by atoms with Crippen LogP contribution < -0.4 is 14.8 Å². The first-order valence-corrected chi connectivity index (χ1v) is 11.5. The maximum absolute atomic E-state index is 12.7. The molecule has 164 valence electrons. The van der Waals surface area contributed by atoms with Crippen LogP contribution in [0.3, 0.4) is 0 Å². The van der Waals surface area contributed by atoms with E-state index in [4.69, 9.17) is 14.6 Å². The third-order valence-electron chi connectivity index (χ3n) is 6.10. The van der Waals surface area contributed by atoms with Crippen LogP contribution in [0.5, 0.6) is 11.5 Å². The number of methoxy groups -OCH3 is 1. The van der Waals surface area contributed by atoms with Crippen LogP contribution in [0.4, 0.5) is 4.79 Å². The third kappa shape index (κ3) is 3.27. The fourth-order valence-electron chi connectivity index (χ4n) is 4.52. The number of carbonyl (C=O) groups is 1. The van der Waals surface area contributed by atoms with E-state index in [1.807, 2.05) is 71.7 Å². The van der Waals surface area contributed by atoms with Crippen LogP contribution in [0.15, 0.2) is 88.9 Å². The minimum absolute atomic E-state index is 0.0524. The molecule has 7 heteroatoms. The van der Waals surface area contributed by atoms with Crippen molar-refractivity contribution in [1.29, 1.82) is 0 Å². The molecule has 6 nitrogen and oxygen atoms in total. The molecule has 2 atom stereocenters. The van der Waals surface area contributed by atoms with Crippen molar-refractivity contribution in [3.8, 4) is 11.5 Å². The van der Waals surface area contributed by atoms with Crippen LogP contribution in [0.2, 0.25) is 0 Å². The first-order valence-electron chi connectivity index (χ1n) is 10.7. The molecular formula is C26H21N3O3S. The number of ether oxygens (including phenoxy) is 2. The second-order valence-corrected chi connectivity index (χ2v) is 9.07. The van der Waals surface area contributed by atoms with Crippen molar-refractivity contribution in [2.75, 3.05) is 7.11 Å². The molecule has 3 heterocycles. The zero-order valence-electron chi connectivity index (χ0n) is 17.9. The summed E-state index contributed by atoms with van der Waals surface area (Å²) < 4.78 is 11.8. The molecule has 1 fully saturated rings. The zero-order chi connectivity index (χ0) is 22.4. The van der Waals surface area contributed by atoms with Gasteiger partial charge in [0.05, 0.1) is 23.8 Å². The van der Waals surface area contributed by atoms with Gasteiger partial charge >= 0.3 is 5.85 Å². The maximum atomic E-state index is 12.7. The largest absolute Gasteiger partial charge is 0.497 e. The molecular weight excluding hydrogens is 434 g/mol. The number of hydrazone groups is 1. The molecule has 1 amide bonds. The normalized spacial score (nSPS) is 24.2. The molecule has 1 spiro atoms. The van der Waals surface area contributed by atoms with Gasteiger partial charge in [-0.1, -0.05) is 60.7 Å². The summed E-state index contributed by atoms with van der Waals surface area (Å²) in [6.45, 7) is 0. The number of nitrogens with zero attached hydrogens (tertiary/aromatic N) is 2. The van der Waals surface area contributed by atoms with Crippen LogP contribution in [0.1, 0.15) is 29.2 Å². The lowest BCUT2D eigenvalue weighted by atomic mass is 9.95. The molecule has 3 aromatic rings. The highest BCUT2D eigenvalue weighted by molar-refractivity contribution is 8.17. The van der Waals surface area contributed by atoms with Crippen LogP contribution >= 0.6 is 11.8 Å². The lowest BCUT2D eigenvalue weighted by Crippen LogP contribution is -2.61. The topological polar surface area (TPSA) is 63.2 Å². The Hall–Kier alpha value is -3.71. The second kappa shape index (κ2) is 7.71. The number of para-hydroxylation sites is 1. The quantitative estimate of drug-likeness (QED) is 0.574. The van der Waals surface area contributed by atoms with Crippen molar-refractivity contribution in [1.82, 2.24) is 10.3 Å². The molecule has 3 aliphatic heterocycles. The molecule has 0 bridgehead atoms. The molecule has 3 aromatic carbocycles. The monoisotopic (exact) mass is 455 g/mol. The van der Waals surface area contributed by atoms with Crippen LogP contribution in [0.25, 0.3) is 6.08 Å². The van der Waals surface area contributed by atoms with Crippen LogP contribution in [0, 0.1) is 0 Å². The number of nitrogens with one attached hydrogen (secondary N) is 1. The number of fused-ring (bicyclic) bond motifs is 4. The van der Waals surface area contributed by atoms with Gasteiger partial charge in [-0.25, -0.2) is 5.01 Å². The molecule has 0 saturated carbocycles. The summed E-state index contributed by atoms with van der Waals surface area (Å²) in [5.41, 5.74) is 4.04. The number of amides is 1. The third-order valence-corrected chi connectivity index (χ3v) is 7.00. The van der Waals surface area contributed by atoms with E-state index in [0.29, 0.717) is 0 Å². The zero-order valence-corrected chi connectivity index (χ0v) is 18.7. The standard InChI is InChI=1S/C26H21N3O3S/c1-31-19-13-11-17(12-14-19)15-24-26(27-25(30)33-24)29-22(20-9-5-6-10-23(20)32-26)16-21(28-29)18-7-3-2-4-8-18/h2-15,22H,16H2,1H3,(H,27,30)/b24-15-/t22-,26-/m0/s1. The first kappa shape index (κ1) is 19.9. The van der Waals surface area contributed by atoms with E-state index in [9.17, 15) is 4.79 Å². The summed E-state index contributed by atoms with van der Waals surface area (Å²) in [4.78, 5) is 13.5. The van der Waals surface area contributed by atoms with Crippen molar-refractivity contribution in [3.05, 3.63) is 100 Å². The van der Waals surface area contributed by atoms with E-state index in [-0.39, 0.29) is 11.3 Å². The number of carbonyl (C=O) groups excluding carboxylic acids is 1. The van der Waals surface area contributed by atoms with E-state index < -0.39 is 5.85 Å². The predicted octanol–water partition coefficient (Wildman–Crippen LogP) is 5.39. The first-order chi connectivity index (χ1) is 16.2. The van der Waals surface area contributed by atoms with Crippen molar-refractivity contribution >= 4 is 28.8 Å². The Balaban J connectivity index is 1.49. The van der Waals surface area contributed by atoms with Crippen molar-refractivity contribution < 1.29 is 14.3 Å². The smallest absolute Gasteiger partial charge is 0.314 e. The molecule has 0 unspecified atom stereocenters. The maximum Gasteiger partial charge on any atom is 0.314 e. The van der Waals surface area contributed by atoms with Crippen molar-refractivity contribution in [2.45, 2.75) is 18.3 Å². The number of benzene rings is 3. The number of hydrogen-bond acceptors (Lipinski definition) is 6. The van der Waals surface area contributed by atoms with Gasteiger partial charge < -0.3 is 9.47 Å². The highest BCUT2D eigenvalue weighted by atomic mass is 32.2. The lowest BCUT2D eigenvalue weighted by molar-refractivity contribution is -0.0949. The Morgan fingerprint density at radius 2 is 1.85 bits per heavy atom. The summed E-state index contributed by atoms with van der Waals surface area (Å²) >= 11 is 1.14. The molecule has 3 aliphatic rings. The van der Waals surface area contributed by atoms with Crippen LogP contribution in [-0.4, -0.2) is 28.9 Å². The number of thioether (sulfide) groups is 1. The van der Waals surface area contributed by atoms with Gasteiger partial charge in [0, 0.05) is 12.0 Å². The lowest BCUT2D eigenvalue weighted by Gasteiger charge is -2.45. The molecule has 1 saturated heterocycles. The van der Waals surface area contributed by atoms with Gasteiger partial charge in [-0.3, -0.25) is 10.1 Å². The fraction of sp³-hybridized carbons (Fsp3) is 0.154. The van der Waals surface area contributed by atoms with Gasteiger partial charge in [-0.2, -0.15) is 5.10 Å². The molecule has 0 aliphatic carbocycles. The number of rotatable bonds is 3. The average Bonchev–Trinajstić information content (AvgIpc) is 3.43. The summed E-state index contributed by atoms with van der Waals surface area (Å²) in [6, 6.07) is 25.8. The minimum Gasteiger partial charge on any atom is -0.497 e. The summed E-state index contributed by atoms with van der Waals surface area (Å²) in [6.07, 6.45) is 2.70. The fourth-order valence-corrected chi connectivity index (χ4v) is 5.43. The van der Waals surface area contributed by atoms with Gasteiger partial charge in [0.15, 0.2) is 0 Å². The molecule has 0 aromatic heterocycles. The van der Waals surface area contributed by atoms with Crippen molar-refractivity contribution in [3.63, 3.8) is 0 Å². The van der Waals surface area contributed by atoms with Gasteiger partial charge in [0.25, 0.3) is 5.24 Å². The number of hydrogen-bond donors (Lipinski definition) is 1. The molecule has 33 heavy (non-hydrogen) atoms. The van der Waals surface area contributed by atoms with Gasteiger partial charge in [0.1, 0.15) is 11.5 Å². The SMILES string of the molecule is COc1ccc(/C=C2\SC(=O)N[C@@]23Oc2ccccc2[C@@H]2CC(c4ccccc4)=NN23)cc1. The Bertz CT molecular complexity index is 1290. The van der Waals surface area contributed by atoms with Gasteiger partial charge in [-0.05, 0) is 47.2 Å². The molecule has 1 N–H and O–H groups in total. The van der Waals surface area contributed by atoms with Crippen LogP contribution in [-0.2, 0) is 0 Å². The Labute approximate surface area is 195 Å². The van der Waals surface area contributed by atoms with E-state index in [1.165, 1.54) is 0 Å². The summed E-state index contributed by atoms with van der Waals surface area (Å²) in [5, 5.41) is 9.83. The van der Waals surface area contributed by atoms with E-state index in [1.54, 1.807) is 7.11 Å². The summed E-state index contributed by atoms with van der Waals surface area (Å²) in [5.74, 6) is 0.336. The van der Waals surface area contributed by atoms with E-state index in [0.717, 1.165) is 57.0 Å². The van der Waals surface area contributed by atoms with E-state index in [2.05, 4.69) is 23.5 Å². The van der Waals surface area contributed by atoms with Gasteiger partial charge in [-0.15, -0.1) is 0 Å².